The summed E-state index contributed by atoms with van der Waals surface area (Å²) in [6.07, 6.45) is 5.85. The maximum atomic E-state index is 12.7. The second kappa shape index (κ2) is 11.6. The van der Waals surface area contributed by atoms with Crippen molar-refractivity contribution in [2.75, 3.05) is 62.0 Å². The first kappa shape index (κ1) is 25.7. The molecule has 1 aromatic heterocycles. The molecule has 1 fully saturated rings. The zero-order valence-electron chi connectivity index (χ0n) is 21.7. The van der Waals surface area contributed by atoms with Crippen molar-refractivity contribution in [1.82, 2.24) is 20.2 Å². The number of aromatic nitrogens is 2. The molecule has 194 valence electrons. The quantitative estimate of drug-likeness (QED) is 0.576. The van der Waals surface area contributed by atoms with Crippen molar-refractivity contribution in [2.45, 2.75) is 45.6 Å². The molecule has 2 N–H and O–H groups in total. The minimum Gasteiger partial charge on any atom is -0.495 e. The summed E-state index contributed by atoms with van der Waals surface area (Å²) in [6.45, 7) is 8.45. The zero-order valence-corrected chi connectivity index (χ0v) is 21.7. The molecule has 0 atom stereocenters. The highest BCUT2D eigenvalue weighted by molar-refractivity contribution is 5.97. The molecule has 0 bridgehead atoms. The molecule has 0 saturated carbocycles. The van der Waals surface area contributed by atoms with Crippen LogP contribution in [0, 0.1) is 0 Å². The van der Waals surface area contributed by atoms with E-state index in [-0.39, 0.29) is 17.9 Å². The van der Waals surface area contributed by atoms with E-state index >= 15 is 0 Å². The Morgan fingerprint density at radius 1 is 1.17 bits per heavy atom. The summed E-state index contributed by atoms with van der Waals surface area (Å²) in [5.41, 5.74) is 1.86. The Morgan fingerprint density at radius 3 is 2.67 bits per heavy atom. The molecular weight excluding hydrogens is 458 g/mol. The molecule has 3 heterocycles. The average molecular weight is 496 g/mol. The molecular formula is C26H37N7O3. The van der Waals surface area contributed by atoms with Gasteiger partial charge in [-0.2, -0.15) is 4.98 Å². The Kier molecular flexibility index (Phi) is 8.25. The molecule has 2 aliphatic rings. The van der Waals surface area contributed by atoms with Gasteiger partial charge in [-0.25, -0.2) is 4.98 Å². The minimum atomic E-state index is -0.126. The van der Waals surface area contributed by atoms with Gasteiger partial charge in [-0.1, -0.05) is 6.42 Å². The minimum absolute atomic E-state index is 0.0372. The smallest absolute Gasteiger partial charge is 0.251 e. The third-order valence-electron chi connectivity index (χ3n) is 6.82. The lowest BCUT2D eigenvalue weighted by molar-refractivity contribution is -0.118. The SMILES string of the molecule is COc1cc(C(=O)NCCN2CCCCC2)ccc1Nc1ncc2c(n1)N(C(C)C)CCC(=O)N2C. The van der Waals surface area contributed by atoms with E-state index in [1.807, 2.05) is 0 Å². The van der Waals surface area contributed by atoms with Crippen LogP contribution in [0.5, 0.6) is 5.75 Å². The summed E-state index contributed by atoms with van der Waals surface area (Å²) in [4.78, 5) is 40.4. The number of carbonyl (C=O) groups is 2. The number of hydrogen-bond acceptors (Lipinski definition) is 8. The third kappa shape index (κ3) is 5.87. The molecule has 0 radical (unpaired) electrons. The van der Waals surface area contributed by atoms with Gasteiger partial charge < -0.3 is 30.1 Å². The van der Waals surface area contributed by atoms with Gasteiger partial charge in [-0.3, -0.25) is 9.59 Å². The summed E-state index contributed by atoms with van der Waals surface area (Å²) in [5, 5.41) is 6.23. The fourth-order valence-corrected chi connectivity index (χ4v) is 4.67. The first-order valence-electron chi connectivity index (χ1n) is 12.7. The van der Waals surface area contributed by atoms with Gasteiger partial charge in [0, 0.05) is 44.7 Å². The largest absolute Gasteiger partial charge is 0.495 e. The number of likely N-dealkylation sites (tertiary alicyclic amines) is 1. The third-order valence-corrected chi connectivity index (χ3v) is 6.82. The predicted octanol–water partition coefficient (Wildman–Crippen LogP) is 3.03. The van der Waals surface area contributed by atoms with Crippen LogP contribution in [0.4, 0.5) is 23.1 Å². The van der Waals surface area contributed by atoms with Crippen molar-refractivity contribution < 1.29 is 14.3 Å². The van der Waals surface area contributed by atoms with E-state index < -0.39 is 0 Å². The highest BCUT2D eigenvalue weighted by Gasteiger charge is 2.27. The maximum Gasteiger partial charge on any atom is 0.251 e. The Labute approximate surface area is 213 Å². The van der Waals surface area contributed by atoms with E-state index in [9.17, 15) is 9.59 Å². The first-order chi connectivity index (χ1) is 17.4. The highest BCUT2D eigenvalue weighted by atomic mass is 16.5. The number of carbonyl (C=O) groups excluding carboxylic acids is 2. The fourth-order valence-electron chi connectivity index (χ4n) is 4.67. The van der Waals surface area contributed by atoms with Gasteiger partial charge in [0.05, 0.1) is 19.0 Å². The summed E-state index contributed by atoms with van der Waals surface area (Å²) < 4.78 is 5.56. The molecule has 2 amide bonds. The molecule has 0 aliphatic carbocycles. The van der Waals surface area contributed by atoms with Crippen LogP contribution in [0.15, 0.2) is 24.4 Å². The number of benzene rings is 1. The van der Waals surface area contributed by atoms with Crippen molar-refractivity contribution in [3.63, 3.8) is 0 Å². The van der Waals surface area contributed by atoms with Crippen molar-refractivity contribution in [3.8, 4) is 5.75 Å². The van der Waals surface area contributed by atoms with Crippen molar-refractivity contribution in [3.05, 3.63) is 30.0 Å². The van der Waals surface area contributed by atoms with Gasteiger partial charge in [0.25, 0.3) is 5.91 Å². The van der Waals surface area contributed by atoms with Gasteiger partial charge in [0.1, 0.15) is 11.4 Å². The standard InChI is InChI=1S/C26H37N7O3/c1-18(2)33-14-10-23(34)31(3)21-17-28-26(30-24(21)33)29-20-9-8-19(16-22(20)36-4)25(35)27-11-15-32-12-6-5-7-13-32/h8-9,16-18H,5-7,10-15H2,1-4H3,(H,27,35)(H,28,29,30). The molecule has 4 rings (SSSR count). The normalized spacial score (nSPS) is 16.5. The van der Waals surface area contributed by atoms with E-state index in [0.717, 1.165) is 19.6 Å². The van der Waals surface area contributed by atoms with Crippen LogP contribution in [-0.2, 0) is 4.79 Å². The predicted molar refractivity (Wildman–Crippen MR) is 141 cm³/mol. The Bertz CT molecular complexity index is 1090. The van der Waals surface area contributed by atoms with Gasteiger partial charge in [-0.15, -0.1) is 0 Å². The summed E-state index contributed by atoms with van der Waals surface area (Å²) >= 11 is 0. The number of ether oxygens (including phenoxy) is 1. The molecule has 1 aromatic carbocycles. The molecule has 0 spiro atoms. The van der Waals surface area contributed by atoms with Gasteiger partial charge in [0.2, 0.25) is 11.9 Å². The van der Waals surface area contributed by atoms with Crippen LogP contribution in [-0.4, -0.2) is 79.6 Å². The highest BCUT2D eigenvalue weighted by Crippen LogP contribution is 2.33. The molecule has 10 nitrogen and oxygen atoms in total. The summed E-state index contributed by atoms with van der Waals surface area (Å²) in [5.74, 6) is 1.53. The van der Waals surface area contributed by atoms with Crippen LogP contribution in [0.25, 0.3) is 0 Å². The van der Waals surface area contributed by atoms with E-state index in [1.165, 1.54) is 19.3 Å². The number of amides is 2. The number of nitrogens with zero attached hydrogens (tertiary/aromatic N) is 5. The monoisotopic (exact) mass is 495 g/mol. The van der Waals surface area contributed by atoms with Gasteiger partial charge >= 0.3 is 0 Å². The molecule has 1 saturated heterocycles. The van der Waals surface area contributed by atoms with Crippen LogP contribution < -0.4 is 25.2 Å². The lowest BCUT2D eigenvalue weighted by atomic mass is 10.1. The molecule has 36 heavy (non-hydrogen) atoms. The number of fused-ring (bicyclic) bond motifs is 1. The van der Waals surface area contributed by atoms with Crippen LogP contribution >= 0.6 is 0 Å². The van der Waals surface area contributed by atoms with Gasteiger partial charge in [-0.05, 0) is 58.0 Å². The van der Waals surface area contributed by atoms with Gasteiger partial charge in [0.15, 0.2) is 5.82 Å². The Balaban J connectivity index is 1.47. The lowest BCUT2D eigenvalue weighted by Crippen LogP contribution is -2.37. The lowest BCUT2D eigenvalue weighted by Gasteiger charge is -2.28. The Morgan fingerprint density at radius 2 is 1.94 bits per heavy atom. The molecule has 10 heteroatoms. The summed E-state index contributed by atoms with van der Waals surface area (Å²) in [7, 11) is 3.32. The molecule has 0 unspecified atom stereocenters. The number of anilines is 4. The second-order valence-electron chi connectivity index (χ2n) is 9.59. The Hall–Kier alpha value is -3.40. The number of hydrogen-bond donors (Lipinski definition) is 2. The van der Waals surface area contributed by atoms with E-state index in [2.05, 4.69) is 39.3 Å². The fraction of sp³-hybridized carbons (Fsp3) is 0.538. The van der Waals surface area contributed by atoms with E-state index in [1.54, 1.807) is 43.5 Å². The van der Waals surface area contributed by atoms with E-state index in [0.29, 0.717) is 54.0 Å². The number of rotatable bonds is 8. The van der Waals surface area contributed by atoms with E-state index in [4.69, 9.17) is 9.72 Å². The summed E-state index contributed by atoms with van der Waals surface area (Å²) in [6, 6.07) is 5.45. The van der Waals surface area contributed by atoms with Crippen molar-refractivity contribution in [1.29, 1.82) is 0 Å². The average Bonchev–Trinajstić information content (AvgIpc) is 3.00. The van der Waals surface area contributed by atoms with Crippen molar-refractivity contribution >= 4 is 35.0 Å². The van der Waals surface area contributed by atoms with Crippen LogP contribution in [0.3, 0.4) is 0 Å². The topological polar surface area (TPSA) is 103 Å². The first-order valence-corrected chi connectivity index (χ1v) is 12.7. The second-order valence-corrected chi connectivity index (χ2v) is 9.59. The maximum absolute atomic E-state index is 12.7. The van der Waals surface area contributed by atoms with Crippen molar-refractivity contribution in [2.24, 2.45) is 0 Å². The molecule has 2 aliphatic heterocycles. The van der Waals surface area contributed by atoms with Crippen LogP contribution in [0.2, 0.25) is 0 Å². The molecule has 2 aromatic rings. The number of nitrogens with one attached hydrogen (secondary N) is 2. The van der Waals surface area contributed by atoms with Crippen LogP contribution in [0.1, 0.15) is 49.9 Å². The number of methoxy groups -OCH3 is 1. The number of piperidine rings is 1. The zero-order chi connectivity index (χ0) is 25.7.